The second-order valence-corrected chi connectivity index (χ2v) is 6.17. The predicted molar refractivity (Wildman–Crippen MR) is 82.7 cm³/mol. The van der Waals surface area contributed by atoms with Crippen molar-refractivity contribution in [3.05, 3.63) is 28.2 Å². The lowest BCUT2D eigenvalue weighted by molar-refractivity contribution is -0.0164. The Bertz CT molecular complexity index is 388. The maximum atomic E-state index is 5.85. The van der Waals surface area contributed by atoms with E-state index < -0.39 is 0 Å². The van der Waals surface area contributed by atoms with Gasteiger partial charge in [-0.2, -0.15) is 0 Å². The molecule has 108 valence electrons. The fourth-order valence-electron chi connectivity index (χ4n) is 1.61. The van der Waals surface area contributed by atoms with Crippen LogP contribution in [0, 0.1) is 0 Å². The van der Waals surface area contributed by atoms with Crippen molar-refractivity contribution in [2.75, 3.05) is 19.8 Å². The zero-order valence-corrected chi connectivity index (χ0v) is 13.8. The predicted octanol–water partition coefficient (Wildman–Crippen LogP) is 3.75. The number of hydrogen-bond donors (Lipinski definition) is 1. The molecule has 0 aliphatic rings. The summed E-state index contributed by atoms with van der Waals surface area (Å²) in [6.45, 7) is 11.1. The molecular formula is C15H24BrNO2. The molecule has 0 fully saturated rings. The van der Waals surface area contributed by atoms with E-state index in [1.54, 1.807) is 0 Å². The Hall–Kier alpha value is -0.580. The van der Waals surface area contributed by atoms with Gasteiger partial charge in [-0.25, -0.2) is 0 Å². The van der Waals surface area contributed by atoms with E-state index in [-0.39, 0.29) is 5.60 Å². The first-order valence-electron chi connectivity index (χ1n) is 6.69. The Labute approximate surface area is 124 Å². The van der Waals surface area contributed by atoms with E-state index in [0.717, 1.165) is 28.9 Å². The first-order chi connectivity index (χ1) is 8.94. The molecule has 3 nitrogen and oxygen atoms in total. The minimum absolute atomic E-state index is 0.121. The van der Waals surface area contributed by atoms with Crippen LogP contribution in [-0.2, 0) is 11.3 Å². The summed E-state index contributed by atoms with van der Waals surface area (Å²) in [5.41, 5.74) is 1.04. The second kappa shape index (κ2) is 7.88. The van der Waals surface area contributed by atoms with Crippen LogP contribution in [0.25, 0.3) is 0 Å². The van der Waals surface area contributed by atoms with Crippen LogP contribution in [0.15, 0.2) is 22.7 Å². The van der Waals surface area contributed by atoms with Gasteiger partial charge in [-0.05, 0) is 49.3 Å². The van der Waals surface area contributed by atoms with Crippen molar-refractivity contribution in [3.63, 3.8) is 0 Å². The Morgan fingerprint density at radius 3 is 2.58 bits per heavy atom. The van der Waals surface area contributed by atoms with Crippen molar-refractivity contribution in [1.82, 2.24) is 5.32 Å². The van der Waals surface area contributed by atoms with Gasteiger partial charge in [-0.1, -0.05) is 19.1 Å². The third-order valence-electron chi connectivity index (χ3n) is 2.48. The number of hydrogen-bond acceptors (Lipinski definition) is 3. The molecule has 0 aliphatic heterocycles. The highest BCUT2D eigenvalue weighted by Gasteiger charge is 2.11. The second-order valence-electron chi connectivity index (χ2n) is 5.32. The maximum absolute atomic E-state index is 5.85. The fraction of sp³-hybridized carbons (Fsp3) is 0.600. The summed E-state index contributed by atoms with van der Waals surface area (Å²) in [6, 6.07) is 6.10. The van der Waals surface area contributed by atoms with Gasteiger partial charge in [-0.15, -0.1) is 0 Å². The molecule has 0 aliphatic carbocycles. The van der Waals surface area contributed by atoms with E-state index in [4.69, 9.17) is 9.47 Å². The smallest absolute Gasteiger partial charge is 0.138 e. The summed E-state index contributed by atoms with van der Waals surface area (Å²) in [5.74, 6) is 0.904. The molecule has 0 aromatic heterocycles. The van der Waals surface area contributed by atoms with E-state index in [1.807, 2.05) is 32.9 Å². The summed E-state index contributed by atoms with van der Waals surface area (Å²) < 4.78 is 12.5. The van der Waals surface area contributed by atoms with Gasteiger partial charge in [0.25, 0.3) is 0 Å². The molecule has 1 rings (SSSR count). The van der Waals surface area contributed by atoms with Crippen molar-refractivity contribution in [1.29, 1.82) is 0 Å². The molecule has 0 amide bonds. The number of para-hydroxylation sites is 1. The largest absolute Gasteiger partial charge is 0.490 e. The van der Waals surface area contributed by atoms with Gasteiger partial charge in [0, 0.05) is 12.1 Å². The Balaban J connectivity index is 2.56. The highest BCUT2D eigenvalue weighted by molar-refractivity contribution is 9.10. The number of benzene rings is 1. The van der Waals surface area contributed by atoms with Crippen molar-refractivity contribution >= 4 is 15.9 Å². The zero-order valence-electron chi connectivity index (χ0n) is 12.3. The van der Waals surface area contributed by atoms with Crippen LogP contribution >= 0.6 is 15.9 Å². The van der Waals surface area contributed by atoms with Crippen molar-refractivity contribution in [2.24, 2.45) is 0 Å². The summed E-state index contributed by atoms with van der Waals surface area (Å²) in [7, 11) is 0. The molecule has 0 heterocycles. The fourth-order valence-corrected chi connectivity index (χ4v) is 2.13. The van der Waals surface area contributed by atoms with Gasteiger partial charge in [0.15, 0.2) is 0 Å². The third-order valence-corrected chi connectivity index (χ3v) is 3.10. The van der Waals surface area contributed by atoms with Crippen molar-refractivity contribution in [3.8, 4) is 5.75 Å². The Kier molecular flexibility index (Phi) is 6.83. The molecule has 1 N–H and O–H groups in total. The quantitative estimate of drug-likeness (QED) is 0.773. The molecule has 0 saturated heterocycles. The van der Waals surface area contributed by atoms with Gasteiger partial charge in [0.05, 0.1) is 16.7 Å². The maximum Gasteiger partial charge on any atom is 0.138 e. The van der Waals surface area contributed by atoms with Crippen molar-refractivity contribution < 1.29 is 9.47 Å². The zero-order chi connectivity index (χ0) is 14.3. The van der Waals surface area contributed by atoms with Crippen LogP contribution in [0.5, 0.6) is 5.75 Å². The standard InChI is InChI=1S/C15H24BrNO2/c1-5-17-11-12-7-6-8-13(16)14(12)18-9-10-19-15(2,3)4/h6-8,17H,5,9-11H2,1-4H3. The van der Waals surface area contributed by atoms with Gasteiger partial charge < -0.3 is 14.8 Å². The number of ether oxygens (including phenoxy) is 2. The highest BCUT2D eigenvalue weighted by Crippen LogP contribution is 2.29. The monoisotopic (exact) mass is 329 g/mol. The van der Waals surface area contributed by atoms with E-state index in [1.165, 1.54) is 0 Å². The van der Waals surface area contributed by atoms with Crippen LogP contribution in [0.1, 0.15) is 33.3 Å². The molecule has 19 heavy (non-hydrogen) atoms. The molecule has 1 aromatic rings. The van der Waals surface area contributed by atoms with Crippen LogP contribution in [0.2, 0.25) is 0 Å². The number of rotatable bonds is 7. The SMILES string of the molecule is CCNCc1cccc(Br)c1OCCOC(C)(C)C. The van der Waals surface area contributed by atoms with E-state index in [2.05, 4.69) is 34.2 Å². The minimum Gasteiger partial charge on any atom is -0.490 e. The van der Waals surface area contributed by atoms with Crippen molar-refractivity contribution in [2.45, 2.75) is 39.8 Å². The van der Waals surface area contributed by atoms with Gasteiger partial charge in [0.1, 0.15) is 12.4 Å². The normalized spacial score (nSPS) is 11.6. The molecular weight excluding hydrogens is 306 g/mol. The molecule has 0 atom stereocenters. The van der Waals surface area contributed by atoms with E-state index in [9.17, 15) is 0 Å². The Morgan fingerprint density at radius 1 is 1.21 bits per heavy atom. The lowest BCUT2D eigenvalue weighted by Crippen LogP contribution is -2.22. The minimum atomic E-state index is -0.121. The third kappa shape index (κ3) is 6.41. The average molecular weight is 330 g/mol. The van der Waals surface area contributed by atoms with E-state index in [0.29, 0.717) is 13.2 Å². The van der Waals surface area contributed by atoms with Gasteiger partial charge >= 0.3 is 0 Å². The lowest BCUT2D eigenvalue weighted by atomic mass is 10.2. The number of nitrogens with one attached hydrogen (secondary N) is 1. The van der Waals surface area contributed by atoms with Crippen LogP contribution < -0.4 is 10.1 Å². The molecule has 0 bridgehead atoms. The summed E-state index contributed by atoms with van der Waals surface area (Å²) in [5, 5.41) is 3.31. The lowest BCUT2D eigenvalue weighted by Gasteiger charge is -2.20. The van der Waals surface area contributed by atoms with Gasteiger partial charge in [-0.3, -0.25) is 0 Å². The molecule has 0 unspecified atom stereocenters. The summed E-state index contributed by atoms with van der Waals surface area (Å²) in [6.07, 6.45) is 0. The molecule has 0 saturated carbocycles. The topological polar surface area (TPSA) is 30.5 Å². The highest BCUT2D eigenvalue weighted by atomic mass is 79.9. The van der Waals surface area contributed by atoms with Crippen LogP contribution in [-0.4, -0.2) is 25.4 Å². The summed E-state index contributed by atoms with van der Waals surface area (Å²) >= 11 is 3.54. The molecule has 4 heteroatoms. The molecule has 1 aromatic carbocycles. The van der Waals surface area contributed by atoms with E-state index >= 15 is 0 Å². The number of halogens is 1. The van der Waals surface area contributed by atoms with Crippen LogP contribution in [0.4, 0.5) is 0 Å². The molecule has 0 radical (unpaired) electrons. The first kappa shape index (κ1) is 16.5. The molecule has 0 spiro atoms. The average Bonchev–Trinajstić information content (AvgIpc) is 2.32. The van der Waals surface area contributed by atoms with Gasteiger partial charge in [0.2, 0.25) is 0 Å². The first-order valence-corrected chi connectivity index (χ1v) is 7.48. The van der Waals surface area contributed by atoms with Crippen LogP contribution in [0.3, 0.4) is 0 Å². The Morgan fingerprint density at radius 2 is 1.95 bits per heavy atom. The summed E-state index contributed by atoms with van der Waals surface area (Å²) in [4.78, 5) is 0.